The van der Waals surface area contributed by atoms with Gasteiger partial charge in [-0.1, -0.05) is 26.0 Å². The molecule has 1 saturated heterocycles. The van der Waals surface area contributed by atoms with Crippen molar-refractivity contribution in [2.75, 3.05) is 0 Å². The van der Waals surface area contributed by atoms with Gasteiger partial charge in [0.15, 0.2) is 5.78 Å². The highest BCUT2D eigenvalue weighted by atomic mass is 16.6. The molecule has 1 saturated carbocycles. The molecule has 6 heteroatoms. The fraction of sp³-hybridized carbons (Fsp3) is 0.650. The van der Waals surface area contributed by atoms with Gasteiger partial charge in [0.05, 0.1) is 17.4 Å². The third-order valence-electron chi connectivity index (χ3n) is 6.63. The first-order chi connectivity index (χ1) is 12.1. The number of hydrogen-bond acceptors (Lipinski definition) is 6. The summed E-state index contributed by atoms with van der Waals surface area (Å²) in [6.07, 6.45) is 2.35. The second-order valence-corrected chi connectivity index (χ2v) is 7.95. The summed E-state index contributed by atoms with van der Waals surface area (Å²) >= 11 is 0. The van der Waals surface area contributed by atoms with Crippen molar-refractivity contribution in [3.63, 3.8) is 0 Å². The van der Waals surface area contributed by atoms with E-state index in [0.29, 0.717) is 5.57 Å². The molecule has 0 aromatic heterocycles. The Bertz CT molecular complexity index is 707. The lowest BCUT2D eigenvalue weighted by Crippen LogP contribution is -2.50. The summed E-state index contributed by atoms with van der Waals surface area (Å²) in [6.45, 7) is 8.68. The average Bonchev–Trinajstić information content (AvgIpc) is 3.06. The van der Waals surface area contributed by atoms with E-state index in [2.05, 4.69) is 0 Å². The highest BCUT2D eigenvalue weighted by Crippen LogP contribution is 2.54. The molecule has 0 amide bonds. The maximum atomic E-state index is 12.8. The number of ether oxygens (including phenoxy) is 2. The lowest BCUT2D eigenvalue weighted by molar-refractivity contribution is -0.163. The Balaban J connectivity index is 2.12. The Hall–Kier alpha value is -1.95. The Morgan fingerprint density at radius 3 is 2.62 bits per heavy atom. The molecule has 1 aliphatic heterocycles. The Morgan fingerprint density at radius 2 is 2.00 bits per heavy atom. The minimum Gasteiger partial charge on any atom is -0.459 e. The Morgan fingerprint density at radius 1 is 1.35 bits per heavy atom. The predicted octanol–water partition coefficient (Wildman–Crippen LogP) is 1.81. The maximum absolute atomic E-state index is 12.8. The van der Waals surface area contributed by atoms with Crippen molar-refractivity contribution < 1.29 is 29.0 Å². The van der Waals surface area contributed by atoms with Gasteiger partial charge in [0.1, 0.15) is 12.2 Å². The van der Waals surface area contributed by atoms with Gasteiger partial charge in [0.25, 0.3) is 0 Å². The molecule has 0 aromatic rings. The van der Waals surface area contributed by atoms with Crippen LogP contribution in [0.4, 0.5) is 0 Å². The number of fused-ring (bicyclic) bond motifs is 2. The number of aliphatic hydroxyl groups is 1. The van der Waals surface area contributed by atoms with Crippen LogP contribution in [0.25, 0.3) is 0 Å². The first-order valence-electron chi connectivity index (χ1n) is 9.09. The number of ketones is 1. The van der Waals surface area contributed by atoms with Crippen LogP contribution >= 0.6 is 0 Å². The maximum Gasteiger partial charge on any atom is 0.333 e. The Kier molecular flexibility index (Phi) is 4.59. The van der Waals surface area contributed by atoms with Crippen LogP contribution < -0.4 is 0 Å². The highest BCUT2D eigenvalue weighted by molar-refractivity contribution is 5.99. The van der Waals surface area contributed by atoms with Gasteiger partial charge >= 0.3 is 11.9 Å². The van der Waals surface area contributed by atoms with E-state index in [1.54, 1.807) is 39.8 Å². The molecule has 2 fully saturated rings. The van der Waals surface area contributed by atoms with Crippen LogP contribution in [0.15, 0.2) is 23.8 Å². The monoisotopic (exact) mass is 362 g/mol. The van der Waals surface area contributed by atoms with Crippen molar-refractivity contribution >= 4 is 17.7 Å². The second kappa shape index (κ2) is 6.34. The molecule has 0 spiro atoms. The zero-order chi connectivity index (χ0) is 19.4. The van der Waals surface area contributed by atoms with Gasteiger partial charge < -0.3 is 14.6 Å². The summed E-state index contributed by atoms with van der Waals surface area (Å²) in [5.41, 5.74) is -0.609. The number of aliphatic hydroxyl groups excluding tert-OH is 1. The molecular formula is C20H26O6. The van der Waals surface area contributed by atoms with Gasteiger partial charge in [0, 0.05) is 11.5 Å². The molecule has 0 bridgehead atoms. The molecule has 6 nitrogen and oxygen atoms in total. The van der Waals surface area contributed by atoms with Crippen LogP contribution in [0, 0.1) is 29.1 Å². The average molecular weight is 362 g/mol. The van der Waals surface area contributed by atoms with Crippen molar-refractivity contribution in [2.24, 2.45) is 29.1 Å². The summed E-state index contributed by atoms with van der Waals surface area (Å²) in [7, 11) is 0. The summed E-state index contributed by atoms with van der Waals surface area (Å²) in [5.74, 6) is -2.88. The van der Waals surface area contributed by atoms with Gasteiger partial charge in [-0.15, -0.1) is 0 Å². The third kappa shape index (κ3) is 2.46. The molecule has 2 aliphatic carbocycles. The zero-order valence-electron chi connectivity index (χ0n) is 15.8. The van der Waals surface area contributed by atoms with Gasteiger partial charge in [-0.25, -0.2) is 4.79 Å². The van der Waals surface area contributed by atoms with E-state index in [1.165, 1.54) is 6.08 Å². The Labute approximate surface area is 153 Å². The quantitative estimate of drug-likeness (QED) is 0.595. The van der Waals surface area contributed by atoms with E-state index < -0.39 is 47.5 Å². The number of rotatable bonds is 2. The normalized spacial score (nSPS) is 45.0. The number of allylic oxidation sites excluding steroid dienone is 3. The van der Waals surface area contributed by atoms with Crippen LogP contribution in [0.2, 0.25) is 0 Å². The largest absolute Gasteiger partial charge is 0.459 e. The van der Waals surface area contributed by atoms with E-state index in [1.807, 2.05) is 6.92 Å². The molecule has 3 aliphatic rings. The molecule has 8 unspecified atom stereocenters. The molecule has 26 heavy (non-hydrogen) atoms. The molecule has 0 radical (unpaired) electrons. The van der Waals surface area contributed by atoms with Crippen molar-refractivity contribution in [3.05, 3.63) is 23.8 Å². The molecule has 142 valence electrons. The summed E-state index contributed by atoms with van der Waals surface area (Å²) in [5, 5.41) is 10.8. The lowest BCUT2D eigenvalue weighted by atomic mass is 9.66. The molecular weight excluding hydrogens is 336 g/mol. The predicted molar refractivity (Wildman–Crippen MR) is 92.8 cm³/mol. The summed E-state index contributed by atoms with van der Waals surface area (Å²) < 4.78 is 11.3. The topological polar surface area (TPSA) is 89.9 Å². The highest BCUT2D eigenvalue weighted by Gasteiger charge is 2.65. The van der Waals surface area contributed by atoms with E-state index in [4.69, 9.17) is 9.47 Å². The first kappa shape index (κ1) is 18.8. The van der Waals surface area contributed by atoms with Crippen LogP contribution in [0.3, 0.4) is 0 Å². The van der Waals surface area contributed by atoms with Crippen LogP contribution in [-0.4, -0.2) is 41.1 Å². The van der Waals surface area contributed by atoms with Crippen molar-refractivity contribution in [2.45, 2.75) is 52.9 Å². The van der Waals surface area contributed by atoms with Gasteiger partial charge in [0.2, 0.25) is 0 Å². The van der Waals surface area contributed by atoms with Crippen molar-refractivity contribution in [1.82, 2.24) is 0 Å². The molecule has 0 aromatic carbocycles. The summed E-state index contributed by atoms with van der Waals surface area (Å²) in [6, 6.07) is 0. The standard InChI is InChI=1S/C20H26O6/c1-6-9(2)18(23)26-17-14-11(4)19(24)25-16(14)15(22)10(3)12-7-8-13(21)20(12,17)5/h6-8,10-12,14-17,22H,1-5H3/b9-6-. The lowest BCUT2D eigenvalue weighted by Gasteiger charge is -2.40. The van der Waals surface area contributed by atoms with Crippen LogP contribution in [-0.2, 0) is 23.9 Å². The van der Waals surface area contributed by atoms with E-state index >= 15 is 0 Å². The molecule has 3 rings (SSSR count). The number of carbonyl (C=O) groups excluding carboxylic acids is 3. The van der Waals surface area contributed by atoms with Crippen LogP contribution in [0.5, 0.6) is 0 Å². The van der Waals surface area contributed by atoms with Gasteiger partial charge in [-0.3, -0.25) is 9.59 Å². The van der Waals surface area contributed by atoms with Gasteiger partial charge in [-0.2, -0.15) is 0 Å². The fourth-order valence-electron chi connectivity index (χ4n) is 4.72. The number of hydrogen-bond donors (Lipinski definition) is 1. The van der Waals surface area contributed by atoms with Gasteiger partial charge in [-0.05, 0) is 38.7 Å². The van der Waals surface area contributed by atoms with Crippen molar-refractivity contribution in [1.29, 1.82) is 0 Å². The number of carbonyl (C=O) groups is 3. The fourth-order valence-corrected chi connectivity index (χ4v) is 4.72. The molecule has 1 N–H and O–H groups in total. The third-order valence-corrected chi connectivity index (χ3v) is 6.63. The zero-order valence-corrected chi connectivity index (χ0v) is 15.8. The van der Waals surface area contributed by atoms with Crippen LogP contribution in [0.1, 0.15) is 34.6 Å². The summed E-state index contributed by atoms with van der Waals surface area (Å²) in [4.78, 5) is 37.6. The minimum absolute atomic E-state index is 0.148. The van der Waals surface area contributed by atoms with Crippen molar-refractivity contribution in [3.8, 4) is 0 Å². The molecule has 1 heterocycles. The second-order valence-electron chi connectivity index (χ2n) is 7.95. The van der Waals surface area contributed by atoms with E-state index in [9.17, 15) is 19.5 Å². The SMILES string of the molecule is C/C=C(/C)C(=O)OC1C2C(C)C(=O)OC2C(O)C(C)C2C=CC(=O)C21C. The molecule has 8 atom stereocenters. The number of esters is 2. The smallest absolute Gasteiger partial charge is 0.333 e. The first-order valence-corrected chi connectivity index (χ1v) is 9.09. The van der Waals surface area contributed by atoms with E-state index in [-0.39, 0.29) is 17.6 Å². The minimum atomic E-state index is -1.04. The van der Waals surface area contributed by atoms with E-state index in [0.717, 1.165) is 0 Å².